The van der Waals surface area contributed by atoms with Gasteiger partial charge in [-0.05, 0) is 12.1 Å². The average Bonchev–Trinajstić information content (AvgIpc) is 2.78. The van der Waals surface area contributed by atoms with E-state index in [4.69, 9.17) is 5.11 Å². The van der Waals surface area contributed by atoms with E-state index in [-0.39, 0.29) is 6.54 Å². The summed E-state index contributed by atoms with van der Waals surface area (Å²) in [6.45, 7) is 0.920. The van der Waals surface area contributed by atoms with E-state index < -0.39 is 11.6 Å². The van der Waals surface area contributed by atoms with Gasteiger partial charge in [0.25, 0.3) is 0 Å². The first-order valence-electron chi connectivity index (χ1n) is 5.28. The molecule has 1 aromatic heterocycles. The summed E-state index contributed by atoms with van der Waals surface area (Å²) in [5.41, 5.74) is -1.15. The van der Waals surface area contributed by atoms with Crippen molar-refractivity contribution in [3.63, 3.8) is 0 Å². The highest BCUT2D eigenvalue weighted by atomic mass is 16.4. The van der Waals surface area contributed by atoms with Crippen LogP contribution >= 0.6 is 0 Å². The first-order valence-corrected chi connectivity index (χ1v) is 5.28. The van der Waals surface area contributed by atoms with Crippen molar-refractivity contribution in [2.45, 2.75) is 19.1 Å². The fourth-order valence-corrected chi connectivity index (χ4v) is 1.36. The van der Waals surface area contributed by atoms with E-state index >= 15 is 0 Å². The van der Waals surface area contributed by atoms with Gasteiger partial charge in [-0.3, -0.25) is 0 Å². The van der Waals surface area contributed by atoms with E-state index in [9.17, 15) is 9.90 Å². The summed E-state index contributed by atoms with van der Waals surface area (Å²) in [6.07, 6.45) is 0. The van der Waals surface area contributed by atoms with E-state index in [2.05, 4.69) is 15.4 Å². The number of aromatic nitrogens is 4. The molecule has 1 atom stereocenters. The predicted octanol–water partition coefficient (Wildman–Crippen LogP) is 0.176. The van der Waals surface area contributed by atoms with Crippen LogP contribution < -0.4 is 0 Å². The molecule has 2 N–H and O–H groups in total. The van der Waals surface area contributed by atoms with Gasteiger partial charge in [-0.1, -0.05) is 30.3 Å². The molecule has 0 fully saturated rings. The van der Waals surface area contributed by atoms with Gasteiger partial charge < -0.3 is 10.2 Å². The minimum absolute atomic E-state index is 0.262. The number of aliphatic hydroxyl groups is 1. The van der Waals surface area contributed by atoms with Crippen LogP contribution in [0.2, 0.25) is 0 Å². The Morgan fingerprint density at radius 1 is 1.39 bits per heavy atom. The maximum absolute atomic E-state index is 10.8. The lowest BCUT2D eigenvalue weighted by atomic mass is 10.1. The third kappa shape index (κ3) is 2.51. The van der Waals surface area contributed by atoms with Crippen molar-refractivity contribution in [2.24, 2.45) is 0 Å². The van der Waals surface area contributed by atoms with Crippen LogP contribution in [0, 0.1) is 0 Å². The molecule has 1 unspecified atom stereocenters. The highest BCUT2D eigenvalue weighted by Gasteiger charge is 2.31. The number of carbonyl (C=O) groups is 1. The number of rotatable bonds is 4. The maximum atomic E-state index is 10.8. The largest absolute Gasteiger partial charge is 0.479 e. The van der Waals surface area contributed by atoms with Gasteiger partial charge in [0.05, 0.1) is 0 Å². The van der Waals surface area contributed by atoms with Gasteiger partial charge in [0.1, 0.15) is 6.54 Å². The van der Waals surface area contributed by atoms with Crippen molar-refractivity contribution < 1.29 is 15.0 Å². The highest BCUT2D eigenvalue weighted by Crippen LogP contribution is 2.13. The number of nitrogens with zero attached hydrogens (tertiary/aromatic N) is 4. The second-order valence-corrected chi connectivity index (χ2v) is 4.09. The van der Waals surface area contributed by atoms with Gasteiger partial charge in [0, 0.05) is 5.56 Å². The maximum Gasteiger partial charge on any atom is 0.337 e. The van der Waals surface area contributed by atoms with Crippen molar-refractivity contribution in [2.75, 3.05) is 0 Å². The zero-order valence-electron chi connectivity index (χ0n) is 9.69. The molecule has 7 heteroatoms. The second-order valence-electron chi connectivity index (χ2n) is 4.09. The fraction of sp³-hybridized carbons (Fsp3) is 0.273. The summed E-state index contributed by atoms with van der Waals surface area (Å²) in [6, 6.07) is 9.17. The van der Waals surface area contributed by atoms with Crippen molar-refractivity contribution in [1.29, 1.82) is 0 Å². The minimum atomic E-state index is -1.92. The smallest absolute Gasteiger partial charge is 0.337 e. The Hall–Kier alpha value is -2.28. The van der Waals surface area contributed by atoms with Gasteiger partial charge in [0.15, 0.2) is 5.60 Å². The number of hydrogen-bond donors (Lipinski definition) is 2. The molecule has 0 aliphatic heterocycles. The Labute approximate surface area is 103 Å². The summed E-state index contributed by atoms with van der Waals surface area (Å²) in [5.74, 6) is -0.946. The lowest BCUT2D eigenvalue weighted by Crippen LogP contribution is -2.40. The molecule has 0 spiro atoms. The molecule has 1 heterocycles. The van der Waals surface area contributed by atoms with Gasteiger partial charge in [-0.2, -0.15) is 4.80 Å². The van der Waals surface area contributed by atoms with E-state index in [1.807, 2.05) is 30.3 Å². The Morgan fingerprint density at radius 2 is 2.06 bits per heavy atom. The molecule has 0 bridgehead atoms. The predicted molar refractivity (Wildman–Crippen MR) is 61.5 cm³/mol. The van der Waals surface area contributed by atoms with Crippen molar-refractivity contribution >= 4 is 5.97 Å². The fourth-order valence-electron chi connectivity index (χ4n) is 1.36. The van der Waals surface area contributed by atoms with Crippen LogP contribution in [0.5, 0.6) is 0 Å². The van der Waals surface area contributed by atoms with E-state index in [1.54, 1.807) is 0 Å². The molecule has 94 valence electrons. The SMILES string of the molecule is CC(O)(Cn1nnc(-c2ccccc2)n1)C(=O)O. The summed E-state index contributed by atoms with van der Waals surface area (Å²) < 4.78 is 0. The number of aliphatic carboxylic acids is 1. The summed E-state index contributed by atoms with van der Waals surface area (Å²) in [4.78, 5) is 11.8. The number of carboxylic acids is 1. The van der Waals surface area contributed by atoms with Crippen LogP contribution in [0.1, 0.15) is 6.92 Å². The van der Waals surface area contributed by atoms with Crippen molar-refractivity contribution in [3.05, 3.63) is 30.3 Å². The Bertz CT molecular complexity index is 550. The van der Waals surface area contributed by atoms with Crippen LogP contribution in [0.25, 0.3) is 11.4 Å². The number of hydrogen-bond acceptors (Lipinski definition) is 5. The standard InChI is InChI=1S/C11H12N4O3/c1-11(18,10(16)17)7-15-13-9(12-14-15)8-5-3-2-4-6-8/h2-6,18H,7H2,1H3,(H,16,17). The van der Waals surface area contributed by atoms with Crippen LogP contribution in [0.3, 0.4) is 0 Å². The number of tetrazole rings is 1. The highest BCUT2D eigenvalue weighted by molar-refractivity contribution is 5.76. The summed E-state index contributed by atoms with van der Waals surface area (Å²) in [5, 5.41) is 29.9. The van der Waals surface area contributed by atoms with Crippen LogP contribution in [-0.4, -0.2) is 42.0 Å². The number of carboxylic acid groups (broad SMARTS) is 1. The molecule has 7 nitrogen and oxygen atoms in total. The molecule has 18 heavy (non-hydrogen) atoms. The summed E-state index contributed by atoms with van der Waals surface area (Å²) >= 11 is 0. The van der Waals surface area contributed by atoms with E-state index in [1.165, 1.54) is 6.92 Å². The van der Waals surface area contributed by atoms with Crippen molar-refractivity contribution in [3.8, 4) is 11.4 Å². The van der Waals surface area contributed by atoms with Gasteiger partial charge >= 0.3 is 5.97 Å². The van der Waals surface area contributed by atoms with Crippen LogP contribution in [0.4, 0.5) is 0 Å². The van der Waals surface area contributed by atoms with Crippen LogP contribution in [-0.2, 0) is 11.3 Å². The number of benzene rings is 1. The minimum Gasteiger partial charge on any atom is -0.479 e. The molecule has 0 aliphatic rings. The zero-order valence-corrected chi connectivity index (χ0v) is 9.69. The monoisotopic (exact) mass is 248 g/mol. The zero-order chi connectivity index (χ0) is 13.2. The molecule has 2 rings (SSSR count). The molecule has 0 radical (unpaired) electrons. The molecule has 0 saturated carbocycles. The first kappa shape index (κ1) is 12.2. The molecule has 0 saturated heterocycles. The van der Waals surface area contributed by atoms with Gasteiger partial charge in [0.2, 0.25) is 5.82 Å². The molecule has 1 aromatic carbocycles. The van der Waals surface area contributed by atoms with Gasteiger partial charge in [-0.15, -0.1) is 10.2 Å². The molecule has 0 aliphatic carbocycles. The molecule has 2 aromatic rings. The van der Waals surface area contributed by atoms with E-state index in [0.29, 0.717) is 5.82 Å². The first-order chi connectivity index (χ1) is 8.49. The third-order valence-corrected chi connectivity index (χ3v) is 2.39. The quantitative estimate of drug-likeness (QED) is 0.800. The summed E-state index contributed by atoms with van der Waals surface area (Å²) in [7, 11) is 0. The van der Waals surface area contributed by atoms with Gasteiger partial charge in [-0.25, -0.2) is 4.79 Å². The Kier molecular flexibility index (Phi) is 3.07. The third-order valence-electron chi connectivity index (χ3n) is 2.39. The Morgan fingerprint density at radius 3 is 2.67 bits per heavy atom. The molecular weight excluding hydrogens is 236 g/mol. The Balaban J connectivity index is 2.19. The molecule has 0 amide bonds. The van der Waals surface area contributed by atoms with Crippen molar-refractivity contribution in [1.82, 2.24) is 20.2 Å². The molecular formula is C11H12N4O3. The lowest BCUT2D eigenvalue weighted by Gasteiger charge is -2.15. The topological polar surface area (TPSA) is 101 Å². The van der Waals surface area contributed by atoms with E-state index in [0.717, 1.165) is 10.4 Å². The lowest BCUT2D eigenvalue weighted by molar-refractivity contribution is -0.158. The average molecular weight is 248 g/mol. The van der Waals surface area contributed by atoms with Crippen LogP contribution in [0.15, 0.2) is 30.3 Å². The normalized spacial score (nSPS) is 14.1. The second kappa shape index (κ2) is 4.53.